The second-order valence-electron chi connectivity index (χ2n) is 5.41. The van der Waals surface area contributed by atoms with E-state index in [1.807, 2.05) is 37.3 Å². The summed E-state index contributed by atoms with van der Waals surface area (Å²) in [6.45, 7) is 3.29. The van der Waals surface area contributed by atoms with E-state index < -0.39 is 11.2 Å². The van der Waals surface area contributed by atoms with Crippen LogP contribution in [0.4, 0.5) is 0 Å². The lowest BCUT2D eigenvalue weighted by molar-refractivity contribution is -0.191. The number of hydrogen-bond donors (Lipinski definition) is 0. The zero-order chi connectivity index (χ0) is 12.6. The van der Waals surface area contributed by atoms with Crippen LogP contribution in [-0.2, 0) is 19.7 Å². The number of ether oxygens (including phenoxy) is 2. The minimum Gasteiger partial charge on any atom is -0.347 e. The summed E-state index contributed by atoms with van der Waals surface area (Å²) in [6.07, 6.45) is 1.85. The molecule has 1 saturated heterocycles. The van der Waals surface area contributed by atoms with E-state index in [0.29, 0.717) is 38.3 Å². The van der Waals surface area contributed by atoms with Gasteiger partial charge in [-0.25, -0.2) is 0 Å². The molecule has 1 heterocycles. The predicted molar refractivity (Wildman–Crippen MR) is 67.3 cm³/mol. The van der Waals surface area contributed by atoms with Crippen LogP contribution in [0.25, 0.3) is 0 Å². The van der Waals surface area contributed by atoms with Gasteiger partial charge in [0, 0.05) is 19.3 Å². The average molecular weight is 246 g/mol. The molecule has 18 heavy (non-hydrogen) atoms. The number of ketones is 1. The van der Waals surface area contributed by atoms with Gasteiger partial charge in [-0.3, -0.25) is 4.79 Å². The van der Waals surface area contributed by atoms with Gasteiger partial charge < -0.3 is 9.47 Å². The highest BCUT2D eigenvalue weighted by atomic mass is 16.7. The van der Waals surface area contributed by atoms with Gasteiger partial charge in [-0.05, 0) is 12.5 Å². The van der Waals surface area contributed by atoms with Crippen molar-refractivity contribution in [2.75, 3.05) is 13.2 Å². The highest BCUT2D eigenvalue weighted by Gasteiger charge is 2.51. The molecule has 96 valence electrons. The smallest absolute Gasteiger partial charge is 0.170 e. The van der Waals surface area contributed by atoms with Gasteiger partial charge in [0.25, 0.3) is 0 Å². The van der Waals surface area contributed by atoms with Crippen LogP contribution in [0.5, 0.6) is 0 Å². The first-order valence-corrected chi connectivity index (χ1v) is 6.51. The minimum absolute atomic E-state index is 0.290. The quantitative estimate of drug-likeness (QED) is 0.763. The van der Waals surface area contributed by atoms with Crippen molar-refractivity contribution in [3.05, 3.63) is 35.9 Å². The van der Waals surface area contributed by atoms with Crippen molar-refractivity contribution in [3.63, 3.8) is 0 Å². The third-order valence-electron chi connectivity index (χ3n) is 4.20. The Hall–Kier alpha value is -1.19. The number of Topliss-reactive ketones (excluding diaryl/α,β-unsaturated/α-hetero) is 1. The fraction of sp³-hybridized carbons (Fsp3) is 0.533. The molecule has 1 saturated carbocycles. The summed E-state index contributed by atoms with van der Waals surface area (Å²) in [5, 5.41) is 0. The summed E-state index contributed by atoms with van der Waals surface area (Å²) in [6, 6.07) is 9.97. The maximum atomic E-state index is 12.3. The van der Waals surface area contributed by atoms with E-state index in [2.05, 4.69) is 0 Å². The number of carbonyl (C=O) groups excluding carboxylic acids is 1. The Morgan fingerprint density at radius 2 is 1.78 bits per heavy atom. The molecular formula is C15H18O3. The topological polar surface area (TPSA) is 35.5 Å². The van der Waals surface area contributed by atoms with E-state index in [9.17, 15) is 4.79 Å². The van der Waals surface area contributed by atoms with Crippen LogP contribution in [0.2, 0.25) is 0 Å². The Morgan fingerprint density at radius 1 is 1.11 bits per heavy atom. The Balaban J connectivity index is 1.96. The van der Waals surface area contributed by atoms with Gasteiger partial charge in [0.15, 0.2) is 5.79 Å². The molecule has 3 heteroatoms. The molecule has 0 N–H and O–H groups in total. The first-order valence-electron chi connectivity index (χ1n) is 6.51. The largest absolute Gasteiger partial charge is 0.347 e. The molecule has 1 aromatic carbocycles. The van der Waals surface area contributed by atoms with Crippen LogP contribution in [-0.4, -0.2) is 24.8 Å². The van der Waals surface area contributed by atoms with Gasteiger partial charge in [-0.2, -0.15) is 0 Å². The van der Waals surface area contributed by atoms with Crippen molar-refractivity contribution >= 4 is 5.78 Å². The number of benzene rings is 1. The van der Waals surface area contributed by atoms with E-state index in [1.54, 1.807) is 0 Å². The molecule has 1 aromatic rings. The molecule has 1 atom stereocenters. The van der Waals surface area contributed by atoms with E-state index in [0.717, 1.165) is 5.56 Å². The molecular weight excluding hydrogens is 228 g/mol. The minimum atomic E-state index is -0.529. The Bertz CT molecular complexity index is 448. The monoisotopic (exact) mass is 246 g/mol. The van der Waals surface area contributed by atoms with Gasteiger partial charge >= 0.3 is 0 Å². The zero-order valence-corrected chi connectivity index (χ0v) is 10.6. The predicted octanol–water partition coefficient (Wildman–Crippen LogP) is 2.44. The van der Waals surface area contributed by atoms with E-state index in [4.69, 9.17) is 9.47 Å². The number of rotatable bonds is 1. The zero-order valence-electron chi connectivity index (χ0n) is 10.6. The molecule has 2 fully saturated rings. The second-order valence-corrected chi connectivity index (χ2v) is 5.41. The third kappa shape index (κ3) is 1.78. The van der Waals surface area contributed by atoms with Gasteiger partial charge in [0.05, 0.1) is 18.6 Å². The van der Waals surface area contributed by atoms with E-state index >= 15 is 0 Å². The van der Waals surface area contributed by atoms with Crippen LogP contribution in [0.3, 0.4) is 0 Å². The number of hydrogen-bond acceptors (Lipinski definition) is 3. The molecule has 0 amide bonds. The molecule has 2 aliphatic rings. The molecule has 3 nitrogen and oxygen atoms in total. The summed E-state index contributed by atoms with van der Waals surface area (Å²) in [7, 11) is 0. The summed E-state index contributed by atoms with van der Waals surface area (Å²) >= 11 is 0. The summed E-state index contributed by atoms with van der Waals surface area (Å²) in [5.41, 5.74) is 0.581. The van der Waals surface area contributed by atoms with Crippen LogP contribution in [0.1, 0.15) is 31.7 Å². The van der Waals surface area contributed by atoms with Gasteiger partial charge in [0.2, 0.25) is 0 Å². The number of carbonyl (C=O) groups is 1. The Kier molecular flexibility index (Phi) is 2.76. The second kappa shape index (κ2) is 4.18. The molecule has 0 bridgehead atoms. The van der Waals surface area contributed by atoms with Crippen molar-refractivity contribution < 1.29 is 14.3 Å². The third-order valence-corrected chi connectivity index (χ3v) is 4.20. The lowest BCUT2D eigenvalue weighted by Gasteiger charge is -2.42. The Morgan fingerprint density at radius 3 is 2.44 bits per heavy atom. The van der Waals surface area contributed by atoms with Gasteiger partial charge in [-0.1, -0.05) is 30.3 Å². The lowest BCUT2D eigenvalue weighted by atomic mass is 9.67. The fourth-order valence-corrected chi connectivity index (χ4v) is 3.12. The van der Waals surface area contributed by atoms with Gasteiger partial charge in [0.1, 0.15) is 5.78 Å². The summed E-state index contributed by atoms with van der Waals surface area (Å²) in [5.74, 6) is -0.239. The van der Waals surface area contributed by atoms with Crippen molar-refractivity contribution in [1.29, 1.82) is 0 Å². The van der Waals surface area contributed by atoms with Crippen LogP contribution < -0.4 is 0 Å². The van der Waals surface area contributed by atoms with Crippen molar-refractivity contribution in [2.24, 2.45) is 0 Å². The van der Waals surface area contributed by atoms with Crippen LogP contribution in [0, 0.1) is 0 Å². The van der Waals surface area contributed by atoms with Crippen LogP contribution in [0.15, 0.2) is 30.3 Å². The summed E-state index contributed by atoms with van der Waals surface area (Å²) in [4.78, 5) is 12.3. The van der Waals surface area contributed by atoms with Crippen molar-refractivity contribution in [1.82, 2.24) is 0 Å². The van der Waals surface area contributed by atoms with Gasteiger partial charge in [-0.15, -0.1) is 0 Å². The molecule has 1 aliphatic carbocycles. The van der Waals surface area contributed by atoms with Crippen molar-refractivity contribution in [2.45, 2.75) is 37.4 Å². The summed E-state index contributed by atoms with van der Waals surface area (Å²) < 4.78 is 11.5. The normalized spacial score (nSPS) is 30.8. The molecule has 1 aliphatic heterocycles. The fourth-order valence-electron chi connectivity index (χ4n) is 3.12. The molecule has 1 spiro atoms. The van der Waals surface area contributed by atoms with Crippen LogP contribution >= 0.6 is 0 Å². The first kappa shape index (κ1) is 11.9. The molecule has 3 rings (SSSR count). The van der Waals surface area contributed by atoms with E-state index in [-0.39, 0.29) is 0 Å². The lowest BCUT2D eigenvalue weighted by Crippen LogP contribution is -2.48. The highest BCUT2D eigenvalue weighted by molar-refractivity contribution is 5.90. The molecule has 0 radical (unpaired) electrons. The first-order chi connectivity index (χ1) is 8.65. The molecule has 1 unspecified atom stereocenters. The Labute approximate surface area is 107 Å². The van der Waals surface area contributed by atoms with E-state index in [1.165, 1.54) is 0 Å². The standard InChI is InChI=1S/C15H18O3/c1-14(12-5-3-2-4-6-12)11-15(8-7-13(14)16)17-9-10-18-15/h2-6H,7-11H2,1H3. The maximum Gasteiger partial charge on any atom is 0.170 e. The maximum absolute atomic E-state index is 12.3. The SMILES string of the molecule is CC1(c2ccccc2)CC2(CCC1=O)OCCO2. The highest BCUT2D eigenvalue weighted by Crippen LogP contribution is 2.45. The van der Waals surface area contributed by atoms with Crippen molar-refractivity contribution in [3.8, 4) is 0 Å². The molecule has 0 aromatic heterocycles. The average Bonchev–Trinajstić information content (AvgIpc) is 2.84.